The van der Waals surface area contributed by atoms with Crippen LogP contribution in [0.25, 0.3) is 21.7 Å². The number of alkyl halides is 1. The highest BCUT2D eigenvalue weighted by atomic mass is 35.5. The predicted molar refractivity (Wildman–Crippen MR) is 102 cm³/mol. The van der Waals surface area contributed by atoms with E-state index in [1.165, 1.54) is 10.8 Å². The highest BCUT2D eigenvalue weighted by Gasteiger charge is 2.11. The van der Waals surface area contributed by atoms with Gasteiger partial charge in [0, 0.05) is 22.7 Å². The minimum Gasteiger partial charge on any atom is -0.489 e. The first-order chi connectivity index (χ1) is 12.2. The quantitative estimate of drug-likeness (QED) is 0.391. The maximum Gasteiger partial charge on any atom is 0.179 e. The molecule has 0 radical (unpaired) electrons. The molecule has 0 saturated carbocycles. The van der Waals surface area contributed by atoms with Gasteiger partial charge in [-0.25, -0.2) is 0 Å². The first kappa shape index (κ1) is 15.7. The number of halogens is 1. The number of benzene rings is 3. The number of ketones is 1. The number of nitrogens with one attached hydrogen (secondary N) is 1. The van der Waals surface area contributed by atoms with Crippen LogP contribution in [0.1, 0.15) is 15.9 Å². The number of ether oxygens (including phenoxy) is 1. The maximum atomic E-state index is 11.9. The van der Waals surface area contributed by atoms with Gasteiger partial charge in [0.05, 0.1) is 5.88 Å². The SMILES string of the molecule is O=C(CCl)c1c[nH]c2ccc(OCc3ccc4ccccc4c3)cc12. The van der Waals surface area contributed by atoms with E-state index in [0.717, 1.165) is 22.2 Å². The molecule has 0 amide bonds. The molecule has 0 spiro atoms. The van der Waals surface area contributed by atoms with E-state index in [1.807, 2.05) is 30.3 Å². The minimum atomic E-state index is -0.0976. The molecule has 4 rings (SSSR count). The Morgan fingerprint density at radius 2 is 1.84 bits per heavy atom. The highest BCUT2D eigenvalue weighted by Crippen LogP contribution is 2.25. The van der Waals surface area contributed by atoms with E-state index in [9.17, 15) is 4.79 Å². The summed E-state index contributed by atoms with van der Waals surface area (Å²) in [6.45, 7) is 0.472. The Balaban J connectivity index is 1.58. The van der Waals surface area contributed by atoms with Crippen molar-refractivity contribution in [3.63, 3.8) is 0 Å². The first-order valence-corrected chi connectivity index (χ1v) is 8.59. The van der Waals surface area contributed by atoms with E-state index in [-0.39, 0.29) is 11.7 Å². The zero-order valence-electron chi connectivity index (χ0n) is 13.5. The van der Waals surface area contributed by atoms with Crippen LogP contribution in [0.4, 0.5) is 0 Å². The average molecular weight is 350 g/mol. The summed E-state index contributed by atoms with van der Waals surface area (Å²) in [5.41, 5.74) is 2.60. The number of aromatic amines is 1. The molecule has 4 aromatic rings. The number of aromatic nitrogens is 1. The Bertz CT molecular complexity index is 1070. The minimum absolute atomic E-state index is 0.0326. The Morgan fingerprint density at radius 3 is 2.68 bits per heavy atom. The van der Waals surface area contributed by atoms with Crippen molar-refractivity contribution in [1.82, 2.24) is 4.98 Å². The van der Waals surface area contributed by atoms with Gasteiger partial charge in [0.2, 0.25) is 0 Å². The zero-order chi connectivity index (χ0) is 17.2. The second-order valence-corrected chi connectivity index (χ2v) is 6.20. The lowest BCUT2D eigenvalue weighted by molar-refractivity contribution is 0.102. The lowest BCUT2D eigenvalue weighted by Gasteiger charge is -2.08. The number of Topliss-reactive ketones (excluding diaryl/α,β-unsaturated/α-hetero) is 1. The van der Waals surface area contributed by atoms with Gasteiger partial charge in [-0.3, -0.25) is 4.79 Å². The van der Waals surface area contributed by atoms with E-state index < -0.39 is 0 Å². The van der Waals surface area contributed by atoms with E-state index >= 15 is 0 Å². The molecule has 0 atom stereocenters. The zero-order valence-corrected chi connectivity index (χ0v) is 14.2. The fourth-order valence-electron chi connectivity index (χ4n) is 2.99. The molecule has 0 saturated heterocycles. The molecule has 124 valence electrons. The molecule has 25 heavy (non-hydrogen) atoms. The van der Waals surface area contributed by atoms with Crippen molar-refractivity contribution in [2.75, 3.05) is 5.88 Å². The van der Waals surface area contributed by atoms with Crippen molar-refractivity contribution in [2.24, 2.45) is 0 Å². The summed E-state index contributed by atoms with van der Waals surface area (Å²) < 4.78 is 5.93. The molecular formula is C21H16ClNO2. The van der Waals surface area contributed by atoms with Crippen molar-refractivity contribution in [3.05, 3.63) is 78.0 Å². The van der Waals surface area contributed by atoms with Crippen molar-refractivity contribution < 1.29 is 9.53 Å². The summed E-state index contributed by atoms with van der Waals surface area (Å²) in [6.07, 6.45) is 1.70. The fourth-order valence-corrected chi connectivity index (χ4v) is 3.13. The third-order valence-electron chi connectivity index (χ3n) is 4.29. The van der Waals surface area contributed by atoms with Crippen molar-refractivity contribution in [1.29, 1.82) is 0 Å². The standard InChI is InChI=1S/C21H16ClNO2/c22-11-21(24)19-12-23-20-8-7-17(10-18(19)20)25-13-14-5-6-15-3-1-2-4-16(15)9-14/h1-10,12,23H,11,13H2. The number of carbonyl (C=O) groups is 1. The normalized spacial score (nSPS) is 11.1. The van der Waals surface area contributed by atoms with Crippen LogP contribution in [0, 0.1) is 0 Å². The summed E-state index contributed by atoms with van der Waals surface area (Å²) in [5, 5.41) is 3.24. The summed E-state index contributed by atoms with van der Waals surface area (Å²) in [6, 6.07) is 20.2. The summed E-state index contributed by atoms with van der Waals surface area (Å²) in [7, 11) is 0. The topological polar surface area (TPSA) is 42.1 Å². The fraction of sp³-hybridized carbons (Fsp3) is 0.0952. The van der Waals surface area contributed by atoms with Gasteiger partial charge in [0.25, 0.3) is 0 Å². The molecule has 0 bridgehead atoms. The van der Waals surface area contributed by atoms with E-state index in [1.54, 1.807) is 6.20 Å². The number of rotatable bonds is 5. The van der Waals surface area contributed by atoms with Crippen LogP contribution in [0.15, 0.2) is 66.9 Å². The second-order valence-electron chi connectivity index (χ2n) is 5.94. The smallest absolute Gasteiger partial charge is 0.179 e. The van der Waals surface area contributed by atoms with Crippen LogP contribution in [0.3, 0.4) is 0 Å². The van der Waals surface area contributed by atoms with Gasteiger partial charge in [-0.15, -0.1) is 11.6 Å². The molecule has 4 heteroatoms. The van der Waals surface area contributed by atoms with Gasteiger partial charge in [-0.05, 0) is 40.6 Å². The van der Waals surface area contributed by atoms with Crippen molar-refractivity contribution in [2.45, 2.75) is 6.61 Å². The van der Waals surface area contributed by atoms with Gasteiger partial charge >= 0.3 is 0 Å². The molecule has 3 aromatic carbocycles. The third kappa shape index (κ3) is 3.11. The molecule has 0 fully saturated rings. The molecular weight excluding hydrogens is 334 g/mol. The second kappa shape index (κ2) is 6.61. The summed E-state index contributed by atoms with van der Waals surface area (Å²) in [5.74, 6) is 0.596. The van der Waals surface area contributed by atoms with Crippen LogP contribution >= 0.6 is 11.6 Å². The third-order valence-corrected chi connectivity index (χ3v) is 4.54. The lowest BCUT2D eigenvalue weighted by Crippen LogP contribution is -1.99. The van der Waals surface area contributed by atoms with Crippen LogP contribution in [-0.4, -0.2) is 16.6 Å². The summed E-state index contributed by atoms with van der Waals surface area (Å²) >= 11 is 5.68. The molecule has 0 aliphatic heterocycles. The van der Waals surface area contributed by atoms with Gasteiger partial charge in [0.1, 0.15) is 12.4 Å². The van der Waals surface area contributed by atoms with Crippen LogP contribution in [0.5, 0.6) is 5.75 Å². The Morgan fingerprint density at radius 1 is 1.00 bits per heavy atom. The highest BCUT2D eigenvalue weighted by molar-refractivity contribution is 6.32. The van der Waals surface area contributed by atoms with Crippen LogP contribution in [0.2, 0.25) is 0 Å². The molecule has 0 unspecified atom stereocenters. The predicted octanol–water partition coefficient (Wildman–Crippen LogP) is 5.32. The number of fused-ring (bicyclic) bond motifs is 2. The molecule has 1 heterocycles. The van der Waals surface area contributed by atoms with Gasteiger partial charge in [0.15, 0.2) is 5.78 Å². The van der Waals surface area contributed by atoms with Crippen molar-refractivity contribution >= 4 is 39.1 Å². The Hall–Kier alpha value is -2.78. The maximum absolute atomic E-state index is 11.9. The van der Waals surface area contributed by atoms with E-state index in [4.69, 9.17) is 16.3 Å². The average Bonchev–Trinajstić information content (AvgIpc) is 3.09. The Kier molecular flexibility index (Phi) is 4.16. The monoisotopic (exact) mass is 349 g/mol. The van der Waals surface area contributed by atoms with Gasteiger partial charge in [-0.1, -0.05) is 36.4 Å². The molecule has 0 aliphatic carbocycles. The molecule has 3 nitrogen and oxygen atoms in total. The number of hydrogen-bond donors (Lipinski definition) is 1. The molecule has 1 N–H and O–H groups in total. The number of carbonyl (C=O) groups excluding carboxylic acids is 1. The first-order valence-electron chi connectivity index (χ1n) is 8.05. The number of H-pyrrole nitrogens is 1. The van der Waals surface area contributed by atoms with Crippen LogP contribution in [-0.2, 0) is 6.61 Å². The lowest BCUT2D eigenvalue weighted by atomic mass is 10.1. The van der Waals surface area contributed by atoms with Crippen molar-refractivity contribution in [3.8, 4) is 5.75 Å². The molecule has 0 aliphatic rings. The van der Waals surface area contributed by atoms with E-state index in [0.29, 0.717) is 12.2 Å². The van der Waals surface area contributed by atoms with Crippen LogP contribution < -0.4 is 4.74 Å². The molecule has 1 aromatic heterocycles. The van der Waals surface area contributed by atoms with E-state index in [2.05, 4.69) is 35.3 Å². The summed E-state index contributed by atoms with van der Waals surface area (Å²) in [4.78, 5) is 15.0. The Labute approximate surface area is 150 Å². The number of hydrogen-bond acceptors (Lipinski definition) is 2. The van der Waals surface area contributed by atoms with Gasteiger partial charge in [-0.2, -0.15) is 0 Å². The van der Waals surface area contributed by atoms with Gasteiger partial charge < -0.3 is 9.72 Å². The largest absolute Gasteiger partial charge is 0.489 e.